The second-order valence-electron chi connectivity index (χ2n) is 6.50. The Labute approximate surface area is 149 Å². The Morgan fingerprint density at radius 2 is 2.00 bits per heavy atom. The number of hydrogen-bond acceptors (Lipinski definition) is 4. The number of ether oxygens (including phenoxy) is 1. The Kier molecular flexibility index (Phi) is 6.39. The Hall–Kier alpha value is -1.95. The molecular weight excluding hydrogens is 314 g/mol. The van der Waals surface area contributed by atoms with E-state index in [1.165, 1.54) is 10.8 Å². The summed E-state index contributed by atoms with van der Waals surface area (Å²) in [6, 6.07) is 14.5. The van der Waals surface area contributed by atoms with Gasteiger partial charge in [0, 0.05) is 26.2 Å². The van der Waals surface area contributed by atoms with Crippen molar-refractivity contribution in [3.8, 4) is 0 Å². The van der Waals surface area contributed by atoms with Gasteiger partial charge in [-0.2, -0.15) is 0 Å². The number of rotatable bonds is 4. The van der Waals surface area contributed by atoms with E-state index in [1.54, 1.807) is 0 Å². The predicted molar refractivity (Wildman–Crippen MR) is 101 cm³/mol. The molecule has 5 nitrogen and oxygen atoms in total. The fourth-order valence-corrected chi connectivity index (χ4v) is 3.27. The lowest BCUT2D eigenvalue weighted by atomic mass is 10.00. The van der Waals surface area contributed by atoms with Crippen LogP contribution < -0.4 is 10.6 Å². The van der Waals surface area contributed by atoms with Gasteiger partial charge < -0.3 is 15.4 Å². The molecular formula is C20H27N3O2. The van der Waals surface area contributed by atoms with Gasteiger partial charge in [0.2, 0.25) is 5.91 Å². The van der Waals surface area contributed by atoms with E-state index in [0.717, 1.165) is 38.3 Å². The summed E-state index contributed by atoms with van der Waals surface area (Å²) in [5, 5.41) is 8.86. The summed E-state index contributed by atoms with van der Waals surface area (Å²) >= 11 is 0. The largest absolute Gasteiger partial charge is 0.379 e. The first kappa shape index (κ1) is 17.9. The zero-order valence-corrected chi connectivity index (χ0v) is 14.8. The molecule has 2 N–H and O–H groups in total. The van der Waals surface area contributed by atoms with Gasteiger partial charge in [0.05, 0.1) is 25.8 Å². The molecule has 3 rings (SSSR count). The number of hydrogen-bond donors (Lipinski definition) is 2. The van der Waals surface area contributed by atoms with Gasteiger partial charge in [0.15, 0.2) is 0 Å². The maximum absolute atomic E-state index is 12.5. The zero-order chi connectivity index (χ0) is 17.5. The standard InChI is InChI=1S/C20H27N3O2/c1-16(18-8-4-6-17-5-2-3-7-19(17)18)22-20(24)15-23-11-9-21-10-13-25-14-12-23/h2-8,16,21H,9-15H2,1H3,(H,22,24)/t16-/m0/s1. The normalized spacial score (nSPS) is 18.1. The van der Waals surface area contributed by atoms with Gasteiger partial charge in [-0.25, -0.2) is 0 Å². The summed E-state index contributed by atoms with van der Waals surface area (Å²) in [7, 11) is 0. The number of nitrogens with zero attached hydrogens (tertiary/aromatic N) is 1. The molecule has 0 saturated carbocycles. The molecule has 2 aromatic carbocycles. The number of nitrogens with one attached hydrogen (secondary N) is 2. The number of amides is 1. The van der Waals surface area contributed by atoms with Crippen LogP contribution in [0.1, 0.15) is 18.5 Å². The quantitative estimate of drug-likeness (QED) is 0.892. The summed E-state index contributed by atoms with van der Waals surface area (Å²) in [6.45, 7) is 7.26. The molecule has 0 unspecified atom stereocenters. The molecule has 134 valence electrons. The smallest absolute Gasteiger partial charge is 0.234 e. The molecule has 1 fully saturated rings. The number of benzene rings is 2. The summed E-state index contributed by atoms with van der Waals surface area (Å²) in [5.41, 5.74) is 1.15. The fraction of sp³-hybridized carbons (Fsp3) is 0.450. The molecule has 2 aromatic rings. The highest BCUT2D eigenvalue weighted by molar-refractivity contribution is 5.87. The number of carbonyl (C=O) groups is 1. The van der Waals surface area contributed by atoms with Crippen LogP contribution >= 0.6 is 0 Å². The average Bonchev–Trinajstić information content (AvgIpc) is 2.75. The Morgan fingerprint density at radius 3 is 2.92 bits per heavy atom. The van der Waals surface area contributed by atoms with Crippen LogP contribution in [0.2, 0.25) is 0 Å². The van der Waals surface area contributed by atoms with Crippen molar-refractivity contribution in [3.63, 3.8) is 0 Å². The van der Waals surface area contributed by atoms with Crippen molar-refractivity contribution in [2.75, 3.05) is 45.9 Å². The van der Waals surface area contributed by atoms with Gasteiger partial charge in [0.25, 0.3) is 0 Å². The zero-order valence-electron chi connectivity index (χ0n) is 14.8. The molecule has 0 spiro atoms. The average molecular weight is 341 g/mol. The van der Waals surface area contributed by atoms with Crippen molar-refractivity contribution < 1.29 is 9.53 Å². The first-order valence-corrected chi connectivity index (χ1v) is 9.02. The van der Waals surface area contributed by atoms with Crippen molar-refractivity contribution in [1.82, 2.24) is 15.5 Å². The van der Waals surface area contributed by atoms with E-state index in [2.05, 4.69) is 39.8 Å². The molecule has 0 aromatic heterocycles. The molecule has 1 heterocycles. The topological polar surface area (TPSA) is 53.6 Å². The number of carbonyl (C=O) groups excluding carboxylic acids is 1. The second kappa shape index (κ2) is 8.94. The van der Waals surface area contributed by atoms with Crippen LogP contribution in [0.3, 0.4) is 0 Å². The molecule has 1 saturated heterocycles. The molecule has 1 amide bonds. The first-order chi connectivity index (χ1) is 12.2. The van der Waals surface area contributed by atoms with Gasteiger partial charge >= 0.3 is 0 Å². The molecule has 1 atom stereocenters. The number of fused-ring (bicyclic) bond motifs is 1. The molecule has 1 aliphatic rings. The maximum atomic E-state index is 12.5. The Bertz CT molecular complexity index is 689. The summed E-state index contributed by atoms with van der Waals surface area (Å²) < 4.78 is 5.53. The van der Waals surface area contributed by atoms with Crippen molar-refractivity contribution in [2.24, 2.45) is 0 Å². The third-order valence-corrected chi connectivity index (χ3v) is 4.61. The Morgan fingerprint density at radius 1 is 1.16 bits per heavy atom. The van der Waals surface area contributed by atoms with Crippen LogP contribution in [0.15, 0.2) is 42.5 Å². The van der Waals surface area contributed by atoms with Gasteiger partial charge in [0.1, 0.15) is 0 Å². The molecule has 1 aliphatic heterocycles. The molecule has 5 heteroatoms. The van der Waals surface area contributed by atoms with Crippen molar-refractivity contribution in [1.29, 1.82) is 0 Å². The molecule has 0 bridgehead atoms. The molecule has 0 aliphatic carbocycles. The highest BCUT2D eigenvalue weighted by Crippen LogP contribution is 2.23. The monoisotopic (exact) mass is 341 g/mol. The molecule has 25 heavy (non-hydrogen) atoms. The summed E-state index contributed by atoms with van der Waals surface area (Å²) in [6.07, 6.45) is 0. The van der Waals surface area contributed by atoms with E-state index in [4.69, 9.17) is 4.74 Å². The Balaban J connectivity index is 1.61. The molecule has 0 radical (unpaired) electrons. The lowest BCUT2D eigenvalue weighted by molar-refractivity contribution is -0.123. The van der Waals surface area contributed by atoms with Crippen molar-refractivity contribution in [3.05, 3.63) is 48.0 Å². The van der Waals surface area contributed by atoms with E-state index in [1.807, 2.05) is 25.1 Å². The summed E-state index contributed by atoms with van der Waals surface area (Å²) in [5.74, 6) is 0.0553. The van der Waals surface area contributed by atoms with E-state index < -0.39 is 0 Å². The minimum atomic E-state index is -0.0227. The van der Waals surface area contributed by atoms with Crippen LogP contribution in [-0.2, 0) is 9.53 Å². The lowest BCUT2D eigenvalue weighted by Gasteiger charge is -2.22. The van der Waals surface area contributed by atoms with E-state index in [9.17, 15) is 4.79 Å². The van der Waals surface area contributed by atoms with Crippen LogP contribution in [0.25, 0.3) is 10.8 Å². The third kappa shape index (κ3) is 5.01. The minimum Gasteiger partial charge on any atom is -0.379 e. The highest BCUT2D eigenvalue weighted by Gasteiger charge is 2.15. The van der Waals surface area contributed by atoms with Crippen molar-refractivity contribution in [2.45, 2.75) is 13.0 Å². The van der Waals surface area contributed by atoms with Gasteiger partial charge in [-0.05, 0) is 23.3 Å². The maximum Gasteiger partial charge on any atom is 0.234 e. The fourth-order valence-electron chi connectivity index (χ4n) is 3.27. The van der Waals surface area contributed by atoms with Gasteiger partial charge in [-0.1, -0.05) is 42.5 Å². The van der Waals surface area contributed by atoms with E-state index in [-0.39, 0.29) is 11.9 Å². The van der Waals surface area contributed by atoms with E-state index >= 15 is 0 Å². The summed E-state index contributed by atoms with van der Waals surface area (Å²) in [4.78, 5) is 14.6. The van der Waals surface area contributed by atoms with E-state index in [0.29, 0.717) is 13.2 Å². The highest BCUT2D eigenvalue weighted by atomic mass is 16.5. The van der Waals surface area contributed by atoms with Gasteiger partial charge in [-0.3, -0.25) is 9.69 Å². The third-order valence-electron chi connectivity index (χ3n) is 4.61. The van der Waals surface area contributed by atoms with Crippen LogP contribution in [0.4, 0.5) is 0 Å². The van der Waals surface area contributed by atoms with Crippen LogP contribution in [0, 0.1) is 0 Å². The van der Waals surface area contributed by atoms with Crippen LogP contribution in [0.5, 0.6) is 0 Å². The van der Waals surface area contributed by atoms with Crippen molar-refractivity contribution >= 4 is 16.7 Å². The van der Waals surface area contributed by atoms with Gasteiger partial charge in [-0.15, -0.1) is 0 Å². The van der Waals surface area contributed by atoms with Crippen LogP contribution in [-0.4, -0.2) is 56.7 Å². The second-order valence-corrected chi connectivity index (χ2v) is 6.50. The predicted octanol–water partition coefficient (Wildman–Crippen LogP) is 1.94. The lowest BCUT2D eigenvalue weighted by Crippen LogP contribution is -2.41. The minimum absolute atomic E-state index is 0.0227. The first-order valence-electron chi connectivity index (χ1n) is 9.02. The SMILES string of the molecule is C[C@H](NC(=O)CN1CCNCCOCC1)c1cccc2ccccc12.